The van der Waals surface area contributed by atoms with E-state index in [0.717, 1.165) is 13.8 Å². The summed E-state index contributed by atoms with van der Waals surface area (Å²) in [6.45, 7) is 2.97. The molecule has 12 heteroatoms. The predicted molar refractivity (Wildman–Crippen MR) is 116 cm³/mol. The number of ether oxygens (including phenoxy) is 5. The van der Waals surface area contributed by atoms with Crippen molar-refractivity contribution in [1.82, 2.24) is 5.32 Å². The zero-order valence-corrected chi connectivity index (χ0v) is 19.6. The number of esters is 3. The Labute approximate surface area is 201 Å². The highest BCUT2D eigenvalue weighted by Crippen LogP contribution is 2.26. The van der Waals surface area contributed by atoms with Crippen molar-refractivity contribution in [2.45, 2.75) is 70.9 Å². The maximum absolute atomic E-state index is 12.4. The summed E-state index contributed by atoms with van der Waals surface area (Å²) in [5.41, 5.74) is 0.712. The summed E-state index contributed by atoms with van der Waals surface area (Å²) in [5.74, 6) is -2.48. The van der Waals surface area contributed by atoms with Crippen molar-refractivity contribution in [3.8, 4) is 0 Å². The van der Waals surface area contributed by atoms with E-state index in [1.165, 1.54) is 6.92 Å². The minimum atomic E-state index is -1.74. The van der Waals surface area contributed by atoms with Gasteiger partial charge < -0.3 is 38.9 Å². The molecule has 0 unspecified atom stereocenters. The molecule has 0 spiro atoms. The molecule has 2 N–H and O–H groups in total. The molecule has 1 aromatic rings. The summed E-state index contributed by atoms with van der Waals surface area (Å²) in [5, 5.41) is 12.9. The number of aliphatic hydroxyl groups is 1. The molecule has 0 radical (unpaired) electrons. The third-order valence-corrected chi connectivity index (χ3v) is 4.86. The SMILES string of the molecule is CC(=O)CCC(=O)OC[C@H]1O[C@@H](O)[C@H](NC(=O)OCc2ccccc2)[C@@H](OC(C)=O)[C@@H]1OC(C)=O. The lowest BCUT2D eigenvalue weighted by Gasteiger charge is -2.43. The van der Waals surface area contributed by atoms with E-state index in [9.17, 15) is 29.1 Å². The Morgan fingerprint density at radius 2 is 1.54 bits per heavy atom. The molecule has 0 bridgehead atoms. The molecule has 35 heavy (non-hydrogen) atoms. The van der Waals surface area contributed by atoms with Gasteiger partial charge in [0.25, 0.3) is 0 Å². The van der Waals surface area contributed by atoms with Gasteiger partial charge in [-0.1, -0.05) is 30.3 Å². The monoisotopic (exact) mass is 495 g/mol. The van der Waals surface area contributed by atoms with Crippen LogP contribution in [-0.2, 0) is 49.5 Å². The molecular formula is C23H29NO11. The van der Waals surface area contributed by atoms with Crippen molar-refractivity contribution < 1.29 is 52.8 Å². The lowest BCUT2D eigenvalue weighted by Crippen LogP contribution is -2.66. The molecule has 1 aliphatic rings. The number of alkyl carbamates (subject to hydrolysis) is 1. The quantitative estimate of drug-likeness (QED) is 0.348. The number of rotatable bonds is 10. The highest BCUT2D eigenvalue weighted by molar-refractivity contribution is 5.81. The van der Waals surface area contributed by atoms with Gasteiger partial charge in [-0.25, -0.2) is 4.79 Å². The molecule has 12 nitrogen and oxygen atoms in total. The minimum Gasteiger partial charge on any atom is -0.463 e. The van der Waals surface area contributed by atoms with Crippen molar-refractivity contribution in [2.75, 3.05) is 6.61 Å². The number of benzene rings is 1. The Morgan fingerprint density at radius 3 is 2.14 bits per heavy atom. The van der Waals surface area contributed by atoms with Crippen LogP contribution in [0, 0.1) is 0 Å². The summed E-state index contributed by atoms with van der Waals surface area (Å²) in [4.78, 5) is 58.8. The molecule has 1 amide bonds. The molecule has 1 aromatic carbocycles. The Morgan fingerprint density at radius 1 is 0.914 bits per heavy atom. The van der Waals surface area contributed by atoms with Gasteiger partial charge in [0.2, 0.25) is 0 Å². The number of Topliss-reactive ketones (excluding diaryl/α,β-unsaturated/α-hetero) is 1. The Balaban J connectivity index is 2.13. The highest BCUT2D eigenvalue weighted by atomic mass is 16.7. The maximum Gasteiger partial charge on any atom is 0.407 e. The van der Waals surface area contributed by atoms with Gasteiger partial charge in [-0.3, -0.25) is 14.4 Å². The summed E-state index contributed by atoms with van der Waals surface area (Å²) in [6.07, 6.45) is -6.87. The van der Waals surface area contributed by atoms with Gasteiger partial charge in [0.1, 0.15) is 31.1 Å². The van der Waals surface area contributed by atoms with Crippen LogP contribution in [0.15, 0.2) is 30.3 Å². The summed E-state index contributed by atoms with van der Waals surface area (Å²) in [6, 6.07) is 7.44. The highest BCUT2D eigenvalue weighted by Gasteiger charge is 2.50. The topological polar surface area (TPSA) is 164 Å². The van der Waals surface area contributed by atoms with Crippen molar-refractivity contribution in [1.29, 1.82) is 0 Å². The fourth-order valence-corrected chi connectivity index (χ4v) is 3.30. The number of aliphatic hydroxyl groups excluding tert-OH is 1. The van der Waals surface area contributed by atoms with Crippen LogP contribution in [0.25, 0.3) is 0 Å². The van der Waals surface area contributed by atoms with Crippen LogP contribution < -0.4 is 5.32 Å². The standard InChI is InChI=1S/C23H29NO11/c1-13(25)9-10-18(28)31-12-17-20(33-14(2)26)21(34-15(3)27)19(22(29)35-17)24-23(30)32-11-16-7-5-4-6-8-16/h4-8,17,19-22,29H,9-12H2,1-3H3,(H,24,30)/t17-,19-,20-,21-,22-/m1/s1. The smallest absolute Gasteiger partial charge is 0.407 e. The van der Waals surface area contributed by atoms with Gasteiger partial charge in [0, 0.05) is 20.3 Å². The number of hydrogen-bond acceptors (Lipinski definition) is 11. The van der Waals surface area contributed by atoms with E-state index in [2.05, 4.69) is 5.32 Å². The van der Waals surface area contributed by atoms with E-state index in [1.54, 1.807) is 30.3 Å². The van der Waals surface area contributed by atoms with Gasteiger partial charge in [0.15, 0.2) is 18.5 Å². The lowest BCUT2D eigenvalue weighted by molar-refractivity contribution is -0.264. The van der Waals surface area contributed by atoms with Gasteiger partial charge in [0.05, 0.1) is 6.42 Å². The Hall–Kier alpha value is -3.51. The van der Waals surface area contributed by atoms with Crippen molar-refractivity contribution in [3.05, 3.63) is 35.9 Å². The maximum atomic E-state index is 12.4. The second-order valence-corrected chi connectivity index (χ2v) is 7.83. The van der Waals surface area contributed by atoms with Crippen LogP contribution >= 0.6 is 0 Å². The third kappa shape index (κ3) is 9.33. The zero-order chi connectivity index (χ0) is 26.0. The van der Waals surface area contributed by atoms with Crippen LogP contribution in [0.5, 0.6) is 0 Å². The molecule has 0 aliphatic carbocycles. The number of nitrogens with one attached hydrogen (secondary N) is 1. The molecule has 1 fully saturated rings. The molecule has 1 heterocycles. The average Bonchev–Trinajstić information content (AvgIpc) is 2.79. The first-order valence-electron chi connectivity index (χ1n) is 10.9. The molecule has 5 atom stereocenters. The number of carbonyl (C=O) groups excluding carboxylic acids is 5. The Kier molecular flexibility index (Phi) is 10.6. The normalized spacial score (nSPS) is 23.5. The first-order chi connectivity index (χ1) is 16.6. The minimum absolute atomic E-state index is 0.0203. The predicted octanol–water partition coefficient (Wildman–Crippen LogP) is 0.774. The molecule has 0 saturated carbocycles. The average molecular weight is 495 g/mol. The van der Waals surface area contributed by atoms with Gasteiger partial charge in [-0.2, -0.15) is 0 Å². The number of carbonyl (C=O) groups is 5. The van der Waals surface area contributed by atoms with E-state index in [4.69, 9.17) is 23.7 Å². The number of amides is 1. The molecule has 0 aromatic heterocycles. The lowest BCUT2D eigenvalue weighted by atomic mass is 9.96. The zero-order valence-electron chi connectivity index (χ0n) is 19.6. The van der Waals surface area contributed by atoms with Crippen LogP contribution in [-0.4, -0.2) is 72.1 Å². The first-order valence-corrected chi connectivity index (χ1v) is 10.9. The van der Waals surface area contributed by atoms with Gasteiger partial charge in [-0.15, -0.1) is 0 Å². The summed E-state index contributed by atoms with van der Waals surface area (Å²) >= 11 is 0. The largest absolute Gasteiger partial charge is 0.463 e. The van der Waals surface area contributed by atoms with Crippen LogP contribution in [0.4, 0.5) is 4.79 Å². The summed E-state index contributed by atoms with van der Waals surface area (Å²) < 4.78 is 26.2. The van der Waals surface area contributed by atoms with Crippen LogP contribution in [0.2, 0.25) is 0 Å². The van der Waals surface area contributed by atoms with E-state index in [1.807, 2.05) is 0 Å². The van der Waals surface area contributed by atoms with Crippen LogP contribution in [0.3, 0.4) is 0 Å². The first kappa shape index (κ1) is 27.7. The second kappa shape index (κ2) is 13.4. The van der Waals surface area contributed by atoms with Gasteiger partial charge in [-0.05, 0) is 12.5 Å². The Bertz CT molecular complexity index is 904. The molecule has 2 rings (SSSR count). The van der Waals surface area contributed by atoms with Crippen molar-refractivity contribution in [2.24, 2.45) is 0 Å². The second-order valence-electron chi connectivity index (χ2n) is 7.83. The van der Waals surface area contributed by atoms with E-state index in [0.29, 0.717) is 5.56 Å². The van der Waals surface area contributed by atoms with E-state index < -0.39 is 61.3 Å². The van der Waals surface area contributed by atoms with Crippen LogP contribution in [0.1, 0.15) is 39.2 Å². The molecular weight excluding hydrogens is 466 g/mol. The number of ketones is 1. The molecule has 1 aliphatic heterocycles. The molecule has 1 saturated heterocycles. The van der Waals surface area contributed by atoms with E-state index >= 15 is 0 Å². The fraction of sp³-hybridized carbons (Fsp3) is 0.522. The fourth-order valence-electron chi connectivity index (χ4n) is 3.30. The molecule has 192 valence electrons. The van der Waals surface area contributed by atoms with E-state index in [-0.39, 0.29) is 25.2 Å². The van der Waals surface area contributed by atoms with Crippen molar-refractivity contribution >= 4 is 29.8 Å². The summed E-state index contributed by atoms with van der Waals surface area (Å²) in [7, 11) is 0. The third-order valence-electron chi connectivity index (χ3n) is 4.86. The van der Waals surface area contributed by atoms with Crippen molar-refractivity contribution in [3.63, 3.8) is 0 Å². The number of hydrogen-bond donors (Lipinski definition) is 2. The van der Waals surface area contributed by atoms with Gasteiger partial charge >= 0.3 is 24.0 Å².